The Balaban J connectivity index is 0. The van der Waals surface area contributed by atoms with Gasteiger partial charge in [0, 0.05) is 0 Å². The number of quaternary nitrogens is 1. The summed E-state index contributed by atoms with van der Waals surface area (Å²) < 4.78 is 1.12. The minimum atomic E-state index is 0. The maximum absolute atomic E-state index is 2.30. The molecule has 0 heterocycles. The van der Waals surface area contributed by atoms with Gasteiger partial charge in [-0.25, -0.2) is 0 Å². The lowest BCUT2D eigenvalue weighted by Gasteiger charge is -2.23. The van der Waals surface area contributed by atoms with E-state index in [1.807, 2.05) is 0 Å². The standard InChI is InChI=1S/C20H44N.CH4/c1-5-6-7-8-9-10-11-12-13-14-15-16-17-18-19-20-21(2,3)4;/h5-20H2,1-4H3;1H4/q+1;. The van der Waals surface area contributed by atoms with Crippen molar-refractivity contribution in [2.45, 2.75) is 111 Å². The van der Waals surface area contributed by atoms with E-state index in [4.69, 9.17) is 0 Å². The normalized spacial score (nSPS) is 11.5. The lowest BCUT2D eigenvalue weighted by Crippen LogP contribution is -2.35. The van der Waals surface area contributed by atoms with E-state index >= 15 is 0 Å². The fourth-order valence-corrected chi connectivity index (χ4v) is 2.96. The van der Waals surface area contributed by atoms with Gasteiger partial charge < -0.3 is 4.48 Å². The van der Waals surface area contributed by atoms with E-state index in [0.717, 1.165) is 4.48 Å². The fraction of sp³-hybridized carbons (Fsp3) is 1.00. The first-order chi connectivity index (χ1) is 10.1. The number of unbranched alkanes of at least 4 members (excludes halogenated alkanes) is 14. The predicted octanol–water partition coefficient (Wildman–Crippen LogP) is 7.20. The maximum atomic E-state index is 2.30. The van der Waals surface area contributed by atoms with Gasteiger partial charge in [0.2, 0.25) is 0 Å². The van der Waals surface area contributed by atoms with Crippen LogP contribution in [0.3, 0.4) is 0 Å². The van der Waals surface area contributed by atoms with Crippen LogP contribution in [0.25, 0.3) is 0 Å². The van der Waals surface area contributed by atoms with Crippen molar-refractivity contribution in [2.24, 2.45) is 0 Å². The zero-order chi connectivity index (χ0) is 15.8. The molecule has 0 aliphatic heterocycles. The average Bonchev–Trinajstić information content (AvgIpc) is 2.42. The van der Waals surface area contributed by atoms with Crippen LogP contribution in [-0.4, -0.2) is 32.2 Å². The van der Waals surface area contributed by atoms with Crippen molar-refractivity contribution < 1.29 is 4.48 Å². The second-order valence-corrected chi connectivity index (χ2v) is 7.96. The topological polar surface area (TPSA) is 0 Å². The SMILES string of the molecule is C.CCCCCCCCCCCCCCCCC[N+](C)(C)C. The summed E-state index contributed by atoms with van der Waals surface area (Å²) in [5.41, 5.74) is 0. The number of hydrogen-bond donors (Lipinski definition) is 0. The molecule has 0 spiro atoms. The second kappa shape index (κ2) is 17.3. The Morgan fingerprint density at radius 1 is 0.455 bits per heavy atom. The van der Waals surface area contributed by atoms with Gasteiger partial charge in [0.05, 0.1) is 27.7 Å². The molecule has 0 saturated heterocycles. The molecule has 0 aromatic heterocycles. The average molecular weight is 315 g/mol. The highest BCUT2D eigenvalue weighted by Gasteiger charge is 2.04. The van der Waals surface area contributed by atoms with Crippen molar-refractivity contribution in [3.05, 3.63) is 0 Å². The van der Waals surface area contributed by atoms with E-state index in [2.05, 4.69) is 28.1 Å². The van der Waals surface area contributed by atoms with Crippen LogP contribution in [0.2, 0.25) is 0 Å². The second-order valence-electron chi connectivity index (χ2n) is 7.96. The Morgan fingerprint density at radius 2 is 0.727 bits per heavy atom. The van der Waals surface area contributed by atoms with Crippen LogP contribution in [-0.2, 0) is 0 Å². The molecule has 0 bridgehead atoms. The summed E-state index contributed by atoms with van der Waals surface area (Å²) in [6.07, 6.45) is 21.9. The Kier molecular flexibility index (Phi) is 19.1. The minimum Gasteiger partial charge on any atom is -0.331 e. The molecule has 1 heteroatoms. The Labute approximate surface area is 143 Å². The largest absolute Gasteiger partial charge is 0.331 e. The smallest absolute Gasteiger partial charge is 0.0780 e. The van der Waals surface area contributed by atoms with Gasteiger partial charge in [-0.1, -0.05) is 97.8 Å². The Hall–Kier alpha value is -0.0400. The molecule has 0 saturated carbocycles. The van der Waals surface area contributed by atoms with Crippen molar-refractivity contribution >= 4 is 0 Å². The van der Waals surface area contributed by atoms with Crippen LogP contribution in [0.5, 0.6) is 0 Å². The van der Waals surface area contributed by atoms with Crippen molar-refractivity contribution in [1.82, 2.24) is 0 Å². The monoisotopic (exact) mass is 314 g/mol. The fourth-order valence-electron chi connectivity index (χ4n) is 2.96. The Morgan fingerprint density at radius 3 is 1.00 bits per heavy atom. The summed E-state index contributed by atoms with van der Waals surface area (Å²) in [7, 11) is 6.89. The zero-order valence-corrected chi connectivity index (χ0v) is 15.8. The minimum absolute atomic E-state index is 0. The molecule has 0 aliphatic carbocycles. The molecule has 0 unspecified atom stereocenters. The maximum Gasteiger partial charge on any atom is 0.0780 e. The van der Waals surface area contributed by atoms with Crippen LogP contribution < -0.4 is 0 Å². The first-order valence-corrected chi connectivity index (χ1v) is 9.86. The van der Waals surface area contributed by atoms with Crippen molar-refractivity contribution in [1.29, 1.82) is 0 Å². The summed E-state index contributed by atoms with van der Waals surface area (Å²) in [4.78, 5) is 0. The van der Waals surface area contributed by atoms with Gasteiger partial charge in [-0.15, -0.1) is 0 Å². The number of nitrogens with zero attached hydrogens (tertiary/aromatic N) is 1. The van der Waals surface area contributed by atoms with Crippen LogP contribution >= 0.6 is 0 Å². The summed E-state index contributed by atoms with van der Waals surface area (Å²) >= 11 is 0. The van der Waals surface area contributed by atoms with Crippen molar-refractivity contribution in [3.63, 3.8) is 0 Å². The first-order valence-electron chi connectivity index (χ1n) is 9.86. The summed E-state index contributed by atoms with van der Waals surface area (Å²) in [6.45, 7) is 3.63. The highest BCUT2D eigenvalue weighted by molar-refractivity contribution is 4.49. The lowest BCUT2D eigenvalue weighted by atomic mass is 10.0. The van der Waals surface area contributed by atoms with Gasteiger partial charge in [-0.05, 0) is 12.8 Å². The predicted molar refractivity (Wildman–Crippen MR) is 105 cm³/mol. The van der Waals surface area contributed by atoms with Crippen molar-refractivity contribution in [2.75, 3.05) is 27.7 Å². The van der Waals surface area contributed by atoms with E-state index in [9.17, 15) is 0 Å². The molecule has 0 fully saturated rings. The molecule has 136 valence electrons. The molecule has 0 aromatic rings. The Bertz CT molecular complexity index is 193. The van der Waals surface area contributed by atoms with E-state index in [0.29, 0.717) is 0 Å². The van der Waals surface area contributed by atoms with Crippen molar-refractivity contribution in [3.8, 4) is 0 Å². The van der Waals surface area contributed by atoms with Crippen LogP contribution in [0.15, 0.2) is 0 Å². The van der Waals surface area contributed by atoms with E-state index in [1.54, 1.807) is 0 Å². The molecule has 0 rings (SSSR count). The molecule has 0 amide bonds. The summed E-state index contributed by atoms with van der Waals surface area (Å²) in [6, 6.07) is 0. The van der Waals surface area contributed by atoms with E-state index in [-0.39, 0.29) is 7.43 Å². The third kappa shape index (κ3) is 22.2. The highest BCUT2D eigenvalue weighted by atomic mass is 15.3. The molecule has 0 radical (unpaired) electrons. The van der Waals surface area contributed by atoms with Gasteiger partial charge in [-0.2, -0.15) is 0 Å². The number of hydrogen-bond acceptors (Lipinski definition) is 0. The molecule has 1 nitrogen and oxygen atoms in total. The van der Waals surface area contributed by atoms with Gasteiger partial charge in [0.25, 0.3) is 0 Å². The molecule has 0 N–H and O–H groups in total. The van der Waals surface area contributed by atoms with Gasteiger partial charge >= 0.3 is 0 Å². The first kappa shape index (κ1) is 24.2. The van der Waals surface area contributed by atoms with Gasteiger partial charge in [-0.3, -0.25) is 0 Å². The summed E-state index contributed by atoms with van der Waals surface area (Å²) in [5, 5.41) is 0. The zero-order valence-electron chi connectivity index (χ0n) is 15.8. The highest BCUT2D eigenvalue weighted by Crippen LogP contribution is 2.13. The third-order valence-electron chi connectivity index (χ3n) is 4.43. The quantitative estimate of drug-likeness (QED) is 0.209. The lowest BCUT2D eigenvalue weighted by molar-refractivity contribution is -0.870. The summed E-state index contributed by atoms with van der Waals surface area (Å²) in [5.74, 6) is 0. The van der Waals surface area contributed by atoms with Gasteiger partial charge in [0.1, 0.15) is 0 Å². The molecule has 0 atom stereocenters. The molecule has 22 heavy (non-hydrogen) atoms. The van der Waals surface area contributed by atoms with E-state index in [1.165, 1.54) is 103 Å². The van der Waals surface area contributed by atoms with E-state index < -0.39 is 0 Å². The number of rotatable bonds is 16. The molecular weight excluding hydrogens is 266 g/mol. The van der Waals surface area contributed by atoms with Crippen LogP contribution in [0.4, 0.5) is 0 Å². The van der Waals surface area contributed by atoms with Gasteiger partial charge in [0.15, 0.2) is 0 Å². The molecule has 0 aromatic carbocycles. The molecule has 0 aliphatic rings. The molecular formula is C21H48N+. The van der Waals surface area contributed by atoms with Crippen LogP contribution in [0, 0.1) is 0 Å². The third-order valence-corrected chi connectivity index (χ3v) is 4.43. The van der Waals surface area contributed by atoms with Crippen LogP contribution in [0.1, 0.15) is 111 Å².